The van der Waals surface area contributed by atoms with Crippen LogP contribution in [0.15, 0.2) is 5.16 Å². The van der Waals surface area contributed by atoms with E-state index in [2.05, 4.69) is 15.2 Å². The Morgan fingerprint density at radius 2 is 2.17 bits per heavy atom. The predicted octanol–water partition coefficient (Wildman–Crippen LogP) is 2.27. The molecule has 5 nitrogen and oxygen atoms in total. The zero-order valence-electron chi connectivity index (χ0n) is 9.53. The van der Waals surface area contributed by atoms with Crippen molar-refractivity contribution >= 4 is 17.7 Å². The first-order chi connectivity index (χ1) is 8.46. The quantitative estimate of drug-likeness (QED) is 0.825. The number of aromatic amines is 1. The average Bonchev–Trinajstić information content (AvgIpc) is 2.75. The van der Waals surface area contributed by atoms with E-state index in [9.17, 15) is 13.6 Å². The molecule has 0 amide bonds. The summed E-state index contributed by atoms with van der Waals surface area (Å²) < 4.78 is 26.0. The second-order valence-electron chi connectivity index (χ2n) is 4.32. The van der Waals surface area contributed by atoms with Crippen molar-refractivity contribution in [2.24, 2.45) is 0 Å². The van der Waals surface area contributed by atoms with Crippen molar-refractivity contribution in [3.05, 3.63) is 5.82 Å². The molecular formula is C10H13F2N3O2S. The van der Waals surface area contributed by atoms with Crippen LogP contribution in [0.2, 0.25) is 0 Å². The second kappa shape index (κ2) is 5.21. The Kier molecular flexibility index (Phi) is 3.84. The third-order valence-corrected chi connectivity index (χ3v) is 3.74. The Morgan fingerprint density at radius 1 is 1.50 bits per heavy atom. The van der Waals surface area contributed by atoms with Crippen molar-refractivity contribution in [3.8, 4) is 0 Å². The third-order valence-electron chi connectivity index (χ3n) is 2.91. The molecule has 1 aromatic heterocycles. The summed E-state index contributed by atoms with van der Waals surface area (Å²) in [5.74, 6) is -3.06. The number of hydrogen-bond acceptors (Lipinski definition) is 4. The molecule has 0 saturated heterocycles. The first-order valence-corrected chi connectivity index (χ1v) is 6.59. The lowest BCUT2D eigenvalue weighted by Gasteiger charge is -2.26. The molecule has 2 rings (SSSR count). The van der Waals surface area contributed by atoms with Gasteiger partial charge >= 0.3 is 5.97 Å². The molecule has 2 N–H and O–H groups in total. The number of carbonyl (C=O) groups is 1. The number of nitrogens with one attached hydrogen (secondary N) is 1. The lowest BCUT2D eigenvalue weighted by atomic mass is 9.86. The highest BCUT2D eigenvalue weighted by Gasteiger charge is 2.36. The zero-order chi connectivity index (χ0) is 13.2. The number of thioether (sulfide) groups is 1. The Labute approximate surface area is 106 Å². The van der Waals surface area contributed by atoms with Gasteiger partial charge in [0, 0.05) is 18.8 Å². The summed E-state index contributed by atoms with van der Waals surface area (Å²) in [6.45, 7) is 0. The number of aliphatic carboxylic acids is 1. The molecule has 0 atom stereocenters. The lowest BCUT2D eigenvalue weighted by Crippen LogP contribution is -2.24. The normalized spacial score (nSPS) is 19.9. The number of aromatic nitrogens is 3. The van der Waals surface area contributed by atoms with E-state index < -0.39 is 11.9 Å². The maximum Gasteiger partial charge on any atom is 0.313 e. The van der Waals surface area contributed by atoms with Crippen LogP contribution in [0.25, 0.3) is 0 Å². The molecule has 0 aliphatic heterocycles. The fraction of sp³-hybridized carbons (Fsp3) is 0.700. The van der Waals surface area contributed by atoms with E-state index in [4.69, 9.17) is 5.11 Å². The van der Waals surface area contributed by atoms with Crippen LogP contribution in [0.1, 0.15) is 37.4 Å². The average molecular weight is 277 g/mol. The summed E-state index contributed by atoms with van der Waals surface area (Å²) in [6, 6.07) is 0. The molecule has 1 aliphatic carbocycles. The van der Waals surface area contributed by atoms with Crippen molar-refractivity contribution in [1.29, 1.82) is 0 Å². The van der Waals surface area contributed by atoms with Crippen LogP contribution >= 0.6 is 11.8 Å². The van der Waals surface area contributed by atoms with E-state index in [1.807, 2.05) is 0 Å². The molecule has 18 heavy (non-hydrogen) atoms. The molecule has 0 spiro atoms. The van der Waals surface area contributed by atoms with Gasteiger partial charge < -0.3 is 5.11 Å². The molecule has 1 aliphatic rings. The van der Waals surface area contributed by atoms with E-state index in [0.29, 0.717) is 23.8 Å². The number of hydrogen-bond donors (Lipinski definition) is 2. The van der Waals surface area contributed by atoms with Gasteiger partial charge in [-0.3, -0.25) is 9.89 Å². The Morgan fingerprint density at radius 3 is 2.78 bits per heavy atom. The number of carboxylic acid groups (broad SMARTS) is 1. The van der Waals surface area contributed by atoms with E-state index in [0.717, 1.165) is 11.8 Å². The number of halogens is 2. The maximum atomic E-state index is 13.0. The summed E-state index contributed by atoms with van der Waals surface area (Å²) >= 11 is 1.01. The minimum atomic E-state index is -2.56. The van der Waals surface area contributed by atoms with Gasteiger partial charge in [-0.05, 0) is 12.8 Å². The molecule has 0 radical (unpaired) electrons. The number of nitrogens with zero attached hydrogens (tertiary/aromatic N) is 2. The highest BCUT2D eigenvalue weighted by Crippen LogP contribution is 2.39. The standard InChI is InChI=1S/C10H13F2N3O2S/c11-10(12)3-1-6(2-4-10)8-13-9(15-14-8)18-5-7(16)17/h6H,1-5H2,(H,16,17)(H,13,14,15). The molecule has 0 aromatic carbocycles. The fourth-order valence-electron chi connectivity index (χ4n) is 1.95. The summed E-state index contributed by atoms with van der Waals surface area (Å²) in [5, 5.41) is 15.5. The first-order valence-electron chi connectivity index (χ1n) is 5.61. The van der Waals surface area contributed by atoms with Gasteiger partial charge in [-0.2, -0.15) is 0 Å². The monoisotopic (exact) mass is 277 g/mol. The van der Waals surface area contributed by atoms with Gasteiger partial charge in [0.15, 0.2) is 0 Å². The van der Waals surface area contributed by atoms with Gasteiger partial charge in [0.05, 0.1) is 5.75 Å². The maximum absolute atomic E-state index is 13.0. The Balaban J connectivity index is 1.92. The van der Waals surface area contributed by atoms with Gasteiger partial charge in [0.2, 0.25) is 11.1 Å². The van der Waals surface area contributed by atoms with Crippen molar-refractivity contribution in [3.63, 3.8) is 0 Å². The van der Waals surface area contributed by atoms with Crippen LogP contribution in [-0.4, -0.2) is 37.9 Å². The number of carboxylic acids is 1. The molecule has 0 unspecified atom stereocenters. The van der Waals surface area contributed by atoms with Gasteiger partial charge in [-0.25, -0.2) is 13.8 Å². The van der Waals surface area contributed by atoms with Crippen LogP contribution in [0.3, 0.4) is 0 Å². The van der Waals surface area contributed by atoms with Gasteiger partial charge in [-0.15, -0.1) is 5.10 Å². The van der Waals surface area contributed by atoms with Crippen LogP contribution in [0.5, 0.6) is 0 Å². The molecular weight excluding hydrogens is 264 g/mol. The molecule has 8 heteroatoms. The second-order valence-corrected chi connectivity index (χ2v) is 5.26. The van der Waals surface area contributed by atoms with Crippen LogP contribution in [0.4, 0.5) is 8.78 Å². The summed E-state index contributed by atoms with van der Waals surface area (Å²) in [6.07, 6.45) is 0.502. The minimum absolute atomic E-state index is 0.0312. The minimum Gasteiger partial charge on any atom is -0.481 e. The molecule has 0 bridgehead atoms. The van der Waals surface area contributed by atoms with Crippen LogP contribution in [0, 0.1) is 0 Å². The van der Waals surface area contributed by atoms with Crippen molar-refractivity contribution in [1.82, 2.24) is 15.2 Å². The van der Waals surface area contributed by atoms with E-state index in [1.54, 1.807) is 0 Å². The smallest absolute Gasteiger partial charge is 0.313 e. The predicted molar refractivity (Wildman–Crippen MR) is 60.9 cm³/mol. The van der Waals surface area contributed by atoms with Gasteiger partial charge in [0.25, 0.3) is 0 Å². The topological polar surface area (TPSA) is 78.9 Å². The third kappa shape index (κ3) is 3.41. The first kappa shape index (κ1) is 13.3. The molecule has 1 fully saturated rings. The zero-order valence-corrected chi connectivity index (χ0v) is 10.3. The number of H-pyrrole nitrogens is 1. The molecule has 1 aromatic rings. The number of rotatable bonds is 4. The highest BCUT2D eigenvalue weighted by molar-refractivity contribution is 7.99. The van der Waals surface area contributed by atoms with E-state index in [-0.39, 0.29) is 24.5 Å². The number of alkyl halides is 2. The van der Waals surface area contributed by atoms with Crippen LogP contribution < -0.4 is 0 Å². The highest BCUT2D eigenvalue weighted by atomic mass is 32.2. The summed E-state index contributed by atoms with van der Waals surface area (Å²) in [4.78, 5) is 14.5. The van der Waals surface area contributed by atoms with Crippen molar-refractivity contribution < 1.29 is 18.7 Å². The SMILES string of the molecule is O=C(O)CSc1n[nH]c(C2CCC(F)(F)CC2)n1. The Hall–Kier alpha value is -1.18. The summed E-state index contributed by atoms with van der Waals surface area (Å²) in [7, 11) is 0. The van der Waals surface area contributed by atoms with Gasteiger partial charge in [-0.1, -0.05) is 11.8 Å². The van der Waals surface area contributed by atoms with E-state index in [1.165, 1.54) is 0 Å². The largest absolute Gasteiger partial charge is 0.481 e. The molecule has 1 heterocycles. The molecule has 100 valence electrons. The molecule has 1 saturated carbocycles. The van der Waals surface area contributed by atoms with Crippen LogP contribution in [-0.2, 0) is 4.79 Å². The Bertz CT molecular complexity index is 429. The van der Waals surface area contributed by atoms with Crippen molar-refractivity contribution in [2.45, 2.75) is 42.7 Å². The van der Waals surface area contributed by atoms with Crippen molar-refractivity contribution in [2.75, 3.05) is 5.75 Å². The lowest BCUT2D eigenvalue weighted by molar-refractivity contribution is -0.133. The van der Waals surface area contributed by atoms with E-state index >= 15 is 0 Å². The summed E-state index contributed by atoms with van der Waals surface area (Å²) in [5.41, 5.74) is 0. The fourth-order valence-corrected chi connectivity index (χ4v) is 2.47. The van der Waals surface area contributed by atoms with Gasteiger partial charge in [0.1, 0.15) is 5.82 Å².